The fourth-order valence-corrected chi connectivity index (χ4v) is 6.87. The van der Waals surface area contributed by atoms with Crippen molar-refractivity contribution >= 4 is 79.2 Å². The predicted octanol–water partition coefficient (Wildman–Crippen LogP) is 12.7. The van der Waals surface area contributed by atoms with Crippen molar-refractivity contribution in [2.45, 2.75) is 48.5 Å². The standard InChI is InChI=1S/C43H40ClN9O3/c1-21-9-12-31(24(4)15-21)50-53-38-25(5)19-28-16-23(3)18-34(36(28)40(38)55)46-43-48-41(44)47-42(49-43)45-32-13-11-29-30(27(32)7)20-26(6)37(39(29)54)52-51-33-17-22(2)10-14-35(33)56-8/h9-20,54-55H,1-8H3,(H2,45,46,47,48,49). The van der Waals surface area contributed by atoms with E-state index in [1.165, 1.54) is 0 Å². The van der Waals surface area contributed by atoms with Gasteiger partial charge >= 0.3 is 0 Å². The number of nitrogens with zero attached hydrogens (tertiary/aromatic N) is 7. The van der Waals surface area contributed by atoms with Gasteiger partial charge < -0.3 is 25.6 Å². The van der Waals surface area contributed by atoms with Gasteiger partial charge in [0.2, 0.25) is 17.2 Å². The van der Waals surface area contributed by atoms with E-state index < -0.39 is 0 Å². The lowest BCUT2D eigenvalue weighted by molar-refractivity contribution is 0.415. The van der Waals surface area contributed by atoms with Gasteiger partial charge in [-0.25, -0.2) is 0 Å². The molecule has 12 nitrogen and oxygen atoms in total. The van der Waals surface area contributed by atoms with Gasteiger partial charge in [0.15, 0.2) is 11.5 Å². The van der Waals surface area contributed by atoms with Crippen molar-refractivity contribution in [2.75, 3.05) is 17.7 Å². The van der Waals surface area contributed by atoms with Gasteiger partial charge in [0.25, 0.3) is 0 Å². The summed E-state index contributed by atoms with van der Waals surface area (Å²) >= 11 is 6.45. The smallest absolute Gasteiger partial charge is 0.233 e. The maximum Gasteiger partial charge on any atom is 0.233 e. The minimum Gasteiger partial charge on any atom is -0.505 e. The Hall–Kier alpha value is -6.66. The summed E-state index contributed by atoms with van der Waals surface area (Å²) in [4.78, 5) is 13.3. The topological polar surface area (TPSA) is 162 Å². The van der Waals surface area contributed by atoms with E-state index in [2.05, 4.69) is 46.0 Å². The van der Waals surface area contributed by atoms with Crippen LogP contribution in [-0.2, 0) is 0 Å². The number of rotatable bonds is 9. The van der Waals surface area contributed by atoms with Crippen molar-refractivity contribution in [3.63, 3.8) is 0 Å². The SMILES string of the molecule is COc1ccc(C)cc1N=Nc1c(C)cc2c(C)c(Nc3nc(Cl)nc(Nc4cc(C)cc5cc(C)c(N=Nc6ccc(C)cc6C)c(O)c45)n3)ccc2c1O. The Kier molecular flexibility index (Phi) is 10.2. The highest BCUT2D eigenvalue weighted by molar-refractivity contribution is 6.28. The third kappa shape index (κ3) is 7.51. The number of halogens is 1. The number of phenolic OH excluding ortho intramolecular Hbond substituents is 2. The molecule has 0 amide bonds. The van der Waals surface area contributed by atoms with Crippen LogP contribution in [0.25, 0.3) is 21.5 Å². The lowest BCUT2D eigenvalue weighted by Crippen LogP contribution is -2.05. The second-order valence-corrected chi connectivity index (χ2v) is 14.2. The highest BCUT2D eigenvalue weighted by Crippen LogP contribution is 2.45. The maximum absolute atomic E-state index is 11.6. The fourth-order valence-electron chi connectivity index (χ4n) is 6.71. The molecule has 56 heavy (non-hydrogen) atoms. The molecule has 0 aliphatic carbocycles. The van der Waals surface area contributed by atoms with Crippen LogP contribution in [0.3, 0.4) is 0 Å². The average molecular weight is 766 g/mol. The number of anilines is 4. The lowest BCUT2D eigenvalue weighted by Gasteiger charge is -2.16. The number of fused-ring (bicyclic) bond motifs is 2. The number of methoxy groups -OCH3 is 1. The molecule has 1 aromatic heterocycles. The minimum atomic E-state index is -0.0443. The summed E-state index contributed by atoms with van der Waals surface area (Å²) in [7, 11) is 1.58. The minimum absolute atomic E-state index is 0.0124. The Morgan fingerprint density at radius 3 is 1.93 bits per heavy atom. The molecule has 0 spiro atoms. The van der Waals surface area contributed by atoms with Gasteiger partial charge in [0, 0.05) is 16.5 Å². The predicted molar refractivity (Wildman–Crippen MR) is 224 cm³/mol. The monoisotopic (exact) mass is 765 g/mol. The number of hydrogen-bond acceptors (Lipinski definition) is 12. The molecule has 1 heterocycles. The van der Waals surface area contributed by atoms with Crippen LogP contribution < -0.4 is 15.4 Å². The van der Waals surface area contributed by atoms with E-state index in [0.29, 0.717) is 45.0 Å². The molecule has 0 aliphatic rings. The molecule has 0 aliphatic heterocycles. The first kappa shape index (κ1) is 37.6. The van der Waals surface area contributed by atoms with Crippen LogP contribution in [0.15, 0.2) is 93.3 Å². The molecule has 6 aromatic carbocycles. The molecule has 0 fully saturated rings. The van der Waals surface area contributed by atoms with Crippen LogP contribution in [-0.4, -0.2) is 32.3 Å². The van der Waals surface area contributed by atoms with E-state index in [1.54, 1.807) is 13.2 Å². The van der Waals surface area contributed by atoms with E-state index in [0.717, 1.165) is 55.4 Å². The van der Waals surface area contributed by atoms with Gasteiger partial charge in [0.05, 0.1) is 18.5 Å². The molecule has 7 rings (SSSR count). The average Bonchev–Trinajstić information content (AvgIpc) is 3.13. The van der Waals surface area contributed by atoms with Gasteiger partial charge in [-0.3, -0.25) is 0 Å². The largest absolute Gasteiger partial charge is 0.505 e. The third-order valence-corrected chi connectivity index (χ3v) is 9.72. The van der Waals surface area contributed by atoms with Crippen LogP contribution in [0, 0.1) is 48.5 Å². The summed E-state index contributed by atoms with van der Waals surface area (Å²) in [6, 6.07) is 23.0. The summed E-state index contributed by atoms with van der Waals surface area (Å²) < 4.78 is 5.44. The molecular formula is C43H40ClN9O3. The van der Waals surface area contributed by atoms with Gasteiger partial charge in [0.1, 0.15) is 22.8 Å². The first-order valence-corrected chi connectivity index (χ1v) is 18.2. The maximum atomic E-state index is 11.6. The molecule has 0 saturated heterocycles. The van der Waals surface area contributed by atoms with E-state index in [4.69, 9.17) is 16.3 Å². The van der Waals surface area contributed by atoms with Gasteiger partial charge in [-0.05, 0) is 153 Å². The summed E-state index contributed by atoms with van der Waals surface area (Å²) in [5, 5.41) is 50.0. The van der Waals surface area contributed by atoms with Crippen LogP contribution in [0.2, 0.25) is 5.28 Å². The normalized spacial score (nSPS) is 11.7. The zero-order valence-electron chi connectivity index (χ0n) is 32.2. The van der Waals surface area contributed by atoms with Crippen LogP contribution in [0.4, 0.5) is 46.0 Å². The lowest BCUT2D eigenvalue weighted by atomic mass is 9.99. The van der Waals surface area contributed by atoms with Gasteiger partial charge in [-0.1, -0.05) is 29.8 Å². The van der Waals surface area contributed by atoms with E-state index in [1.807, 2.05) is 115 Å². The Bertz CT molecular complexity index is 2770. The van der Waals surface area contributed by atoms with Gasteiger partial charge in [-0.15, -0.1) is 15.3 Å². The Balaban J connectivity index is 1.20. The van der Waals surface area contributed by atoms with E-state index in [9.17, 15) is 10.2 Å². The number of hydrogen-bond donors (Lipinski definition) is 4. The van der Waals surface area contributed by atoms with Gasteiger partial charge in [-0.2, -0.15) is 20.1 Å². The number of aryl methyl sites for hydroxylation is 7. The molecule has 4 N–H and O–H groups in total. The van der Waals surface area contributed by atoms with Crippen LogP contribution >= 0.6 is 11.6 Å². The van der Waals surface area contributed by atoms with Crippen molar-refractivity contribution in [1.82, 2.24) is 15.0 Å². The number of phenols is 2. The van der Waals surface area contributed by atoms with E-state index in [-0.39, 0.29) is 28.7 Å². The zero-order valence-corrected chi connectivity index (χ0v) is 33.0. The molecule has 7 aromatic rings. The highest BCUT2D eigenvalue weighted by Gasteiger charge is 2.18. The second kappa shape index (κ2) is 15.2. The molecule has 13 heteroatoms. The first-order valence-electron chi connectivity index (χ1n) is 17.8. The Labute approximate surface area is 329 Å². The molecule has 0 atom stereocenters. The number of nitrogens with one attached hydrogen (secondary N) is 2. The fraction of sp³-hybridized carbons (Fsp3) is 0.186. The Morgan fingerprint density at radius 1 is 0.571 bits per heavy atom. The Morgan fingerprint density at radius 2 is 1.21 bits per heavy atom. The summed E-state index contributed by atoms with van der Waals surface area (Å²) in [6.45, 7) is 13.6. The van der Waals surface area contributed by atoms with Crippen molar-refractivity contribution < 1.29 is 14.9 Å². The number of azo groups is 2. The number of benzene rings is 6. The van der Waals surface area contributed by atoms with Crippen molar-refractivity contribution in [3.05, 3.63) is 117 Å². The third-order valence-electron chi connectivity index (χ3n) is 9.55. The first-order chi connectivity index (χ1) is 26.8. The summed E-state index contributed by atoms with van der Waals surface area (Å²) in [6.07, 6.45) is 0. The highest BCUT2D eigenvalue weighted by atomic mass is 35.5. The number of ether oxygens (including phenoxy) is 1. The van der Waals surface area contributed by atoms with Crippen molar-refractivity contribution in [2.24, 2.45) is 20.5 Å². The molecule has 282 valence electrons. The summed E-state index contributed by atoms with van der Waals surface area (Å²) in [5.41, 5.74) is 9.67. The van der Waals surface area contributed by atoms with Crippen molar-refractivity contribution in [3.8, 4) is 17.2 Å². The molecule has 0 unspecified atom stereocenters. The van der Waals surface area contributed by atoms with Crippen LogP contribution in [0.1, 0.15) is 38.9 Å². The quantitative estimate of drug-likeness (QED) is 0.106. The number of aromatic hydroxyl groups is 2. The van der Waals surface area contributed by atoms with Crippen molar-refractivity contribution in [1.29, 1.82) is 0 Å². The second-order valence-electron chi connectivity index (χ2n) is 13.9. The zero-order chi connectivity index (χ0) is 39.8. The molecular weight excluding hydrogens is 726 g/mol. The molecule has 0 radical (unpaired) electrons. The van der Waals surface area contributed by atoms with E-state index >= 15 is 0 Å². The molecule has 0 bridgehead atoms. The van der Waals surface area contributed by atoms with Crippen LogP contribution in [0.5, 0.6) is 17.2 Å². The summed E-state index contributed by atoms with van der Waals surface area (Å²) in [5.74, 6) is 0.915. The number of aromatic nitrogens is 3. The molecule has 0 saturated carbocycles.